The quantitative estimate of drug-likeness (QED) is 0.862. The first-order valence-electron chi connectivity index (χ1n) is 8.66. The lowest BCUT2D eigenvalue weighted by Crippen LogP contribution is -2.44. The average Bonchev–Trinajstić information content (AvgIpc) is 2.62. The highest BCUT2D eigenvalue weighted by atomic mass is 16.5. The van der Waals surface area contributed by atoms with Crippen LogP contribution >= 0.6 is 0 Å². The minimum absolute atomic E-state index is 0.381. The molecule has 0 radical (unpaired) electrons. The summed E-state index contributed by atoms with van der Waals surface area (Å²) in [5, 5.41) is 0. The largest absolute Gasteiger partial charge is 0.399 e. The molecule has 0 saturated carbocycles. The van der Waals surface area contributed by atoms with Crippen LogP contribution in [0.15, 0.2) is 36.4 Å². The predicted molar refractivity (Wildman–Crippen MR) is 97.3 cm³/mol. The molecule has 0 aromatic heterocycles. The summed E-state index contributed by atoms with van der Waals surface area (Å²) >= 11 is 0. The second-order valence-electron chi connectivity index (χ2n) is 6.67. The van der Waals surface area contributed by atoms with E-state index in [4.69, 9.17) is 15.2 Å². The van der Waals surface area contributed by atoms with Crippen molar-refractivity contribution in [2.75, 3.05) is 37.0 Å². The van der Waals surface area contributed by atoms with Crippen LogP contribution in [-0.2, 0) is 22.5 Å². The van der Waals surface area contributed by atoms with Crippen LogP contribution in [0.1, 0.15) is 18.1 Å². The highest BCUT2D eigenvalue weighted by molar-refractivity contribution is 5.74. The molecule has 0 amide bonds. The first-order valence-corrected chi connectivity index (χ1v) is 8.66. The van der Waals surface area contributed by atoms with Gasteiger partial charge in [0, 0.05) is 29.5 Å². The van der Waals surface area contributed by atoms with Crippen LogP contribution in [-0.4, -0.2) is 32.4 Å². The Balaban J connectivity index is 1.81. The van der Waals surface area contributed by atoms with Gasteiger partial charge >= 0.3 is 0 Å². The maximum absolute atomic E-state index is 5.84. The lowest BCUT2D eigenvalue weighted by Gasteiger charge is -2.38. The molecule has 1 saturated heterocycles. The second kappa shape index (κ2) is 6.46. The standard InChI is InChI=1S/C20H24N2O2/c1-14-12-24-9-7-22(14)20-11-17(15-2-4-18(21)5-3-15)10-16-6-8-23-13-19(16)20/h2-5,10-11,14H,6-9,12-13,21H2,1H3/t14-/m0/s1. The van der Waals surface area contributed by atoms with E-state index in [1.54, 1.807) is 0 Å². The van der Waals surface area contributed by atoms with Gasteiger partial charge in [0.2, 0.25) is 0 Å². The molecule has 2 aliphatic rings. The van der Waals surface area contributed by atoms with Crippen molar-refractivity contribution in [2.45, 2.75) is 26.0 Å². The number of hydrogen-bond donors (Lipinski definition) is 1. The second-order valence-corrected chi connectivity index (χ2v) is 6.67. The van der Waals surface area contributed by atoms with Crippen molar-refractivity contribution in [3.8, 4) is 11.1 Å². The predicted octanol–water partition coefficient (Wildman–Crippen LogP) is 3.23. The van der Waals surface area contributed by atoms with E-state index in [-0.39, 0.29) is 0 Å². The van der Waals surface area contributed by atoms with Gasteiger partial charge in [-0.25, -0.2) is 0 Å². The molecule has 1 fully saturated rings. The summed E-state index contributed by atoms with van der Waals surface area (Å²) in [5.74, 6) is 0. The van der Waals surface area contributed by atoms with Crippen LogP contribution in [0, 0.1) is 0 Å². The Bertz CT molecular complexity index is 727. The molecular formula is C20H24N2O2. The number of rotatable bonds is 2. The normalized spacial score (nSPS) is 20.7. The Labute approximate surface area is 143 Å². The Morgan fingerprint density at radius 2 is 1.88 bits per heavy atom. The van der Waals surface area contributed by atoms with E-state index in [1.165, 1.54) is 27.9 Å². The molecule has 126 valence electrons. The molecule has 2 N–H and O–H groups in total. The molecule has 2 heterocycles. The minimum Gasteiger partial charge on any atom is -0.399 e. The third-order valence-corrected chi connectivity index (χ3v) is 5.00. The van der Waals surface area contributed by atoms with Gasteiger partial charge in [-0.2, -0.15) is 0 Å². The summed E-state index contributed by atoms with van der Waals surface area (Å²) in [4.78, 5) is 2.47. The maximum atomic E-state index is 5.84. The Hall–Kier alpha value is -2.04. The zero-order valence-electron chi connectivity index (χ0n) is 14.1. The number of morpholine rings is 1. The first-order chi connectivity index (χ1) is 11.7. The van der Waals surface area contributed by atoms with Crippen molar-refractivity contribution in [2.24, 2.45) is 0 Å². The van der Waals surface area contributed by atoms with Gasteiger partial charge in [0.15, 0.2) is 0 Å². The minimum atomic E-state index is 0.381. The summed E-state index contributed by atoms with van der Waals surface area (Å²) in [6.45, 7) is 6.23. The van der Waals surface area contributed by atoms with Crippen LogP contribution in [0.3, 0.4) is 0 Å². The Morgan fingerprint density at radius 1 is 1.04 bits per heavy atom. The van der Waals surface area contributed by atoms with Gasteiger partial charge in [-0.3, -0.25) is 0 Å². The Morgan fingerprint density at radius 3 is 2.67 bits per heavy atom. The molecule has 4 heteroatoms. The van der Waals surface area contributed by atoms with E-state index < -0.39 is 0 Å². The topological polar surface area (TPSA) is 47.7 Å². The zero-order chi connectivity index (χ0) is 16.5. The molecule has 2 aromatic carbocycles. The fourth-order valence-corrected chi connectivity index (χ4v) is 3.64. The Kier molecular flexibility index (Phi) is 4.17. The van der Waals surface area contributed by atoms with Crippen LogP contribution in [0.2, 0.25) is 0 Å². The molecule has 0 spiro atoms. The van der Waals surface area contributed by atoms with Crippen molar-refractivity contribution in [3.05, 3.63) is 47.5 Å². The maximum Gasteiger partial charge on any atom is 0.0739 e. The molecular weight excluding hydrogens is 300 g/mol. The van der Waals surface area contributed by atoms with Crippen molar-refractivity contribution in [1.29, 1.82) is 0 Å². The first kappa shape index (κ1) is 15.5. The number of hydrogen-bond acceptors (Lipinski definition) is 4. The van der Waals surface area contributed by atoms with Crippen molar-refractivity contribution >= 4 is 11.4 Å². The molecule has 0 aliphatic carbocycles. The SMILES string of the molecule is C[C@H]1COCCN1c1cc(-c2ccc(N)cc2)cc2c1COCC2. The van der Waals surface area contributed by atoms with E-state index in [2.05, 4.69) is 36.1 Å². The summed E-state index contributed by atoms with van der Waals surface area (Å²) in [5.41, 5.74) is 13.2. The summed E-state index contributed by atoms with van der Waals surface area (Å²) < 4.78 is 11.4. The number of benzene rings is 2. The van der Waals surface area contributed by atoms with Crippen LogP contribution in [0.5, 0.6) is 0 Å². The van der Waals surface area contributed by atoms with Crippen molar-refractivity contribution in [3.63, 3.8) is 0 Å². The number of anilines is 2. The summed E-state index contributed by atoms with van der Waals surface area (Å²) in [6, 6.07) is 13.1. The third-order valence-electron chi connectivity index (χ3n) is 5.00. The lowest BCUT2D eigenvalue weighted by molar-refractivity contribution is 0.0963. The van der Waals surface area contributed by atoms with Crippen LogP contribution in [0.4, 0.5) is 11.4 Å². The van der Waals surface area contributed by atoms with Crippen molar-refractivity contribution < 1.29 is 9.47 Å². The molecule has 2 aliphatic heterocycles. The highest BCUT2D eigenvalue weighted by Crippen LogP contribution is 2.35. The number of fused-ring (bicyclic) bond motifs is 1. The van der Waals surface area contributed by atoms with Gasteiger partial charge in [0.05, 0.1) is 26.4 Å². The van der Waals surface area contributed by atoms with Gasteiger partial charge in [-0.1, -0.05) is 18.2 Å². The molecule has 4 nitrogen and oxygen atoms in total. The summed E-state index contributed by atoms with van der Waals surface area (Å²) in [6.07, 6.45) is 0.976. The van der Waals surface area contributed by atoms with Gasteiger partial charge in [-0.05, 0) is 48.2 Å². The number of ether oxygens (including phenoxy) is 2. The van der Waals surface area contributed by atoms with Gasteiger partial charge in [0.25, 0.3) is 0 Å². The van der Waals surface area contributed by atoms with Gasteiger partial charge < -0.3 is 20.1 Å². The molecule has 2 aromatic rings. The fraction of sp³-hybridized carbons (Fsp3) is 0.400. The van der Waals surface area contributed by atoms with E-state index in [0.717, 1.165) is 38.5 Å². The van der Waals surface area contributed by atoms with E-state index in [1.807, 2.05) is 12.1 Å². The molecule has 1 atom stereocenters. The molecule has 0 bridgehead atoms. The number of nitrogens with two attached hydrogens (primary N) is 1. The van der Waals surface area contributed by atoms with Crippen LogP contribution in [0.25, 0.3) is 11.1 Å². The number of nitrogens with zero attached hydrogens (tertiary/aromatic N) is 1. The fourth-order valence-electron chi connectivity index (χ4n) is 3.64. The number of nitrogen functional groups attached to an aromatic ring is 1. The molecule has 24 heavy (non-hydrogen) atoms. The van der Waals surface area contributed by atoms with E-state index in [9.17, 15) is 0 Å². The average molecular weight is 324 g/mol. The molecule has 0 unspecified atom stereocenters. The van der Waals surface area contributed by atoms with Gasteiger partial charge in [-0.15, -0.1) is 0 Å². The van der Waals surface area contributed by atoms with Crippen LogP contribution < -0.4 is 10.6 Å². The monoisotopic (exact) mass is 324 g/mol. The van der Waals surface area contributed by atoms with Gasteiger partial charge in [0.1, 0.15) is 0 Å². The molecule has 4 rings (SSSR count). The smallest absolute Gasteiger partial charge is 0.0739 e. The van der Waals surface area contributed by atoms with Crippen molar-refractivity contribution in [1.82, 2.24) is 0 Å². The van der Waals surface area contributed by atoms with E-state index in [0.29, 0.717) is 12.6 Å². The lowest BCUT2D eigenvalue weighted by atomic mass is 9.93. The zero-order valence-corrected chi connectivity index (χ0v) is 14.1. The van der Waals surface area contributed by atoms with E-state index >= 15 is 0 Å². The highest BCUT2D eigenvalue weighted by Gasteiger charge is 2.25. The summed E-state index contributed by atoms with van der Waals surface area (Å²) in [7, 11) is 0. The third kappa shape index (κ3) is 2.87.